The van der Waals surface area contributed by atoms with Crippen LogP contribution in [0.25, 0.3) is 0 Å². The Balaban J connectivity index is 2.02. The van der Waals surface area contributed by atoms with E-state index in [0.717, 1.165) is 4.90 Å². The summed E-state index contributed by atoms with van der Waals surface area (Å²) in [6.45, 7) is 0. The van der Waals surface area contributed by atoms with Gasteiger partial charge in [-0.2, -0.15) is 0 Å². The van der Waals surface area contributed by atoms with Crippen molar-refractivity contribution in [2.24, 2.45) is 0 Å². The average molecular weight is 234 g/mol. The minimum absolute atomic E-state index is 0.350. The molecule has 84 valence electrons. The van der Waals surface area contributed by atoms with Gasteiger partial charge in [0, 0.05) is 10.1 Å². The maximum absolute atomic E-state index is 10.7. The van der Waals surface area contributed by atoms with Crippen molar-refractivity contribution in [3.8, 4) is 0 Å². The molecule has 1 N–H and O–H groups in total. The zero-order valence-electron chi connectivity index (χ0n) is 8.93. The van der Waals surface area contributed by atoms with E-state index in [2.05, 4.69) is 12.2 Å². The van der Waals surface area contributed by atoms with Crippen molar-refractivity contribution in [2.75, 3.05) is 0 Å². The molecule has 2 rings (SSSR count). The molecule has 0 saturated carbocycles. The number of thioether (sulfide) groups is 1. The summed E-state index contributed by atoms with van der Waals surface area (Å²) >= 11 is 1.81. The van der Waals surface area contributed by atoms with Crippen molar-refractivity contribution < 1.29 is 9.90 Å². The van der Waals surface area contributed by atoms with Gasteiger partial charge in [0.05, 0.1) is 5.56 Å². The Kier molecular flexibility index (Phi) is 3.67. The Bertz CT molecular complexity index is 395. The Morgan fingerprint density at radius 2 is 2.06 bits per heavy atom. The molecule has 1 unspecified atom stereocenters. The Labute approximate surface area is 99.4 Å². The maximum Gasteiger partial charge on any atom is 0.335 e. The molecule has 0 heterocycles. The van der Waals surface area contributed by atoms with Gasteiger partial charge in [-0.15, -0.1) is 11.8 Å². The molecule has 0 aromatic heterocycles. The molecule has 1 aliphatic carbocycles. The molecule has 0 bridgehead atoms. The number of aromatic carboxylic acids is 1. The van der Waals surface area contributed by atoms with Gasteiger partial charge in [0.2, 0.25) is 0 Å². The number of hydrogen-bond donors (Lipinski definition) is 1. The molecule has 16 heavy (non-hydrogen) atoms. The van der Waals surface area contributed by atoms with Crippen molar-refractivity contribution in [1.82, 2.24) is 0 Å². The number of allylic oxidation sites excluding steroid dienone is 1. The minimum Gasteiger partial charge on any atom is -0.478 e. The van der Waals surface area contributed by atoms with E-state index < -0.39 is 5.97 Å². The van der Waals surface area contributed by atoms with E-state index in [1.807, 2.05) is 12.1 Å². The highest BCUT2D eigenvalue weighted by molar-refractivity contribution is 8.00. The summed E-state index contributed by atoms with van der Waals surface area (Å²) < 4.78 is 0. The SMILES string of the molecule is O=C(O)c1ccc(SC2C=CCCC2)cc1. The Morgan fingerprint density at radius 3 is 2.62 bits per heavy atom. The first kappa shape index (κ1) is 11.3. The fraction of sp³-hybridized carbons (Fsp3) is 0.308. The summed E-state index contributed by atoms with van der Waals surface area (Å²) in [5, 5.41) is 9.32. The molecule has 0 radical (unpaired) electrons. The fourth-order valence-corrected chi connectivity index (χ4v) is 2.85. The normalized spacial score (nSPS) is 19.6. The molecule has 2 nitrogen and oxygen atoms in total. The lowest BCUT2D eigenvalue weighted by Gasteiger charge is -2.15. The highest BCUT2D eigenvalue weighted by Crippen LogP contribution is 2.30. The van der Waals surface area contributed by atoms with Crippen LogP contribution in [0.5, 0.6) is 0 Å². The zero-order chi connectivity index (χ0) is 11.4. The van der Waals surface area contributed by atoms with Crippen LogP contribution in [-0.4, -0.2) is 16.3 Å². The topological polar surface area (TPSA) is 37.3 Å². The summed E-state index contributed by atoms with van der Waals surface area (Å²) in [7, 11) is 0. The largest absolute Gasteiger partial charge is 0.478 e. The monoisotopic (exact) mass is 234 g/mol. The average Bonchev–Trinajstić information content (AvgIpc) is 2.31. The highest BCUT2D eigenvalue weighted by Gasteiger charge is 2.10. The summed E-state index contributed by atoms with van der Waals surface area (Å²) in [6.07, 6.45) is 8.13. The molecule has 0 aliphatic heterocycles. The van der Waals surface area contributed by atoms with Gasteiger partial charge in [0.15, 0.2) is 0 Å². The molecule has 1 aromatic carbocycles. The molecular formula is C13H14O2S. The lowest BCUT2D eigenvalue weighted by atomic mass is 10.1. The quantitative estimate of drug-likeness (QED) is 0.812. The van der Waals surface area contributed by atoms with Crippen LogP contribution >= 0.6 is 11.8 Å². The van der Waals surface area contributed by atoms with Crippen LogP contribution < -0.4 is 0 Å². The lowest BCUT2D eigenvalue weighted by Crippen LogP contribution is -2.02. The number of carboxylic acids is 1. The number of benzene rings is 1. The molecule has 0 amide bonds. The van der Waals surface area contributed by atoms with Gasteiger partial charge in [-0.05, 0) is 43.5 Å². The summed E-state index contributed by atoms with van der Waals surface area (Å²) in [5.41, 5.74) is 0.350. The van der Waals surface area contributed by atoms with Gasteiger partial charge in [0.25, 0.3) is 0 Å². The van der Waals surface area contributed by atoms with E-state index in [4.69, 9.17) is 5.11 Å². The van der Waals surface area contributed by atoms with Gasteiger partial charge in [-0.25, -0.2) is 4.79 Å². The number of rotatable bonds is 3. The number of carboxylic acid groups (broad SMARTS) is 1. The van der Waals surface area contributed by atoms with Crippen LogP contribution in [0.3, 0.4) is 0 Å². The molecule has 1 aliphatic rings. The van der Waals surface area contributed by atoms with Gasteiger partial charge < -0.3 is 5.11 Å². The van der Waals surface area contributed by atoms with Gasteiger partial charge in [-0.1, -0.05) is 12.2 Å². The maximum atomic E-state index is 10.7. The Hall–Kier alpha value is -1.22. The molecule has 1 atom stereocenters. The van der Waals surface area contributed by atoms with E-state index >= 15 is 0 Å². The highest BCUT2D eigenvalue weighted by atomic mass is 32.2. The standard InChI is InChI=1S/C13H14O2S/c14-13(15)10-6-8-12(9-7-10)16-11-4-2-1-3-5-11/h2,4,6-9,11H,1,3,5H2,(H,14,15). The van der Waals surface area contributed by atoms with Crippen LogP contribution in [0.2, 0.25) is 0 Å². The van der Waals surface area contributed by atoms with Crippen LogP contribution in [0.4, 0.5) is 0 Å². The van der Waals surface area contributed by atoms with E-state index in [1.54, 1.807) is 23.9 Å². The second kappa shape index (κ2) is 5.21. The molecule has 1 aromatic rings. The first-order chi connectivity index (χ1) is 7.75. The van der Waals surface area contributed by atoms with Gasteiger partial charge in [0.1, 0.15) is 0 Å². The first-order valence-corrected chi connectivity index (χ1v) is 6.30. The number of hydrogen-bond acceptors (Lipinski definition) is 2. The van der Waals surface area contributed by atoms with E-state index in [0.29, 0.717) is 10.8 Å². The van der Waals surface area contributed by atoms with Gasteiger partial charge >= 0.3 is 5.97 Å². The summed E-state index contributed by atoms with van der Waals surface area (Å²) in [5.74, 6) is -0.867. The predicted molar refractivity (Wildman–Crippen MR) is 66.0 cm³/mol. The predicted octanol–water partition coefficient (Wildman–Crippen LogP) is 3.59. The fourth-order valence-electron chi connectivity index (χ4n) is 1.73. The van der Waals surface area contributed by atoms with Crippen molar-refractivity contribution >= 4 is 17.7 Å². The molecule has 0 spiro atoms. The molecule has 0 fully saturated rings. The Morgan fingerprint density at radius 1 is 1.31 bits per heavy atom. The van der Waals surface area contributed by atoms with Crippen molar-refractivity contribution in [3.05, 3.63) is 42.0 Å². The minimum atomic E-state index is -0.867. The van der Waals surface area contributed by atoms with Gasteiger partial charge in [-0.3, -0.25) is 0 Å². The third-order valence-electron chi connectivity index (χ3n) is 2.60. The smallest absolute Gasteiger partial charge is 0.335 e. The van der Waals surface area contributed by atoms with E-state index in [9.17, 15) is 4.79 Å². The van der Waals surface area contributed by atoms with Crippen molar-refractivity contribution in [2.45, 2.75) is 29.4 Å². The third kappa shape index (κ3) is 2.89. The zero-order valence-corrected chi connectivity index (χ0v) is 9.74. The molecule has 3 heteroatoms. The van der Waals surface area contributed by atoms with Crippen molar-refractivity contribution in [3.63, 3.8) is 0 Å². The van der Waals surface area contributed by atoms with Crippen LogP contribution in [0, 0.1) is 0 Å². The lowest BCUT2D eigenvalue weighted by molar-refractivity contribution is 0.0697. The number of carbonyl (C=O) groups is 1. The second-order valence-electron chi connectivity index (χ2n) is 3.84. The second-order valence-corrected chi connectivity index (χ2v) is 5.16. The third-order valence-corrected chi connectivity index (χ3v) is 3.84. The summed E-state index contributed by atoms with van der Waals surface area (Å²) in [6, 6.07) is 7.10. The van der Waals surface area contributed by atoms with Crippen molar-refractivity contribution in [1.29, 1.82) is 0 Å². The van der Waals surface area contributed by atoms with Crippen LogP contribution in [0.1, 0.15) is 29.6 Å². The van der Waals surface area contributed by atoms with E-state index in [1.165, 1.54) is 19.3 Å². The first-order valence-electron chi connectivity index (χ1n) is 5.42. The summed E-state index contributed by atoms with van der Waals surface area (Å²) in [4.78, 5) is 11.8. The van der Waals surface area contributed by atoms with Crippen LogP contribution in [-0.2, 0) is 0 Å². The molecule has 0 saturated heterocycles. The van der Waals surface area contributed by atoms with E-state index in [-0.39, 0.29) is 0 Å². The van der Waals surface area contributed by atoms with Crippen LogP contribution in [0.15, 0.2) is 41.3 Å². The molecular weight excluding hydrogens is 220 g/mol.